The van der Waals surface area contributed by atoms with Gasteiger partial charge in [-0.2, -0.15) is 5.26 Å². The van der Waals surface area contributed by atoms with Crippen LogP contribution >= 0.6 is 11.6 Å². The molecular weight excluding hydrogens is 432 g/mol. The number of anilines is 2. The Morgan fingerprint density at radius 1 is 1.19 bits per heavy atom. The molecule has 2 aromatic rings. The first-order chi connectivity index (χ1) is 15.2. The molecule has 0 fully saturated rings. The predicted octanol–water partition coefficient (Wildman–Crippen LogP) is 5.25. The average Bonchev–Trinajstić information content (AvgIpc) is 2.72. The highest BCUT2D eigenvalue weighted by atomic mass is 35.5. The van der Waals surface area contributed by atoms with Gasteiger partial charge in [0.15, 0.2) is 10.7 Å². The van der Waals surface area contributed by atoms with Crippen LogP contribution in [0.4, 0.5) is 21.9 Å². The quantitative estimate of drug-likeness (QED) is 0.372. The SMILES string of the molecule is CC(C)(C)OC(=O)Nc1cccc(COC(=O)/C(C#N)=C2\Nc3ccccc3N=C2Cl)c1. The first kappa shape index (κ1) is 22.8. The Bertz CT molecular complexity index is 1160. The summed E-state index contributed by atoms with van der Waals surface area (Å²) in [6, 6.07) is 15.7. The molecule has 164 valence electrons. The van der Waals surface area contributed by atoms with E-state index in [9.17, 15) is 14.9 Å². The van der Waals surface area contributed by atoms with Crippen molar-refractivity contribution in [2.75, 3.05) is 10.6 Å². The van der Waals surface area contributed by atoms with Crippen molar-refractivity contribution in [3.8, 4) is 6.07 Å². The van der Waals surface area contributed by atoms with Crippen LogP contribution in [-0.4, -0.2) is 22.8 Å². The number of ether oxygens (including phenoxy) is 2. The highest BCUT2D eigenvalue weighted by molar-refractivity contribution is 6.70. The van der Waals surface area contributed by atoms with Crippen molar-refractivity contribution >= 4 is 45.9 Å². The van der Waals surface area contributed by atoms with Crippen LogP contribution in [0.15, 0.2) is 64.8 Å². The fourth-order valence-electron chi connectivity index (χ4n) is 2.78. The third-order valence-electron chi connectivity index (χ3n) is 4.10. The van der Waals surface area contributed by atoms with Crippen LogP contribution in [0.1, 0.15) is 26.3 Å². The van der Waals surface area contributed by atoms with Gasteiger partial charge in [0.1, 0.15) is 24.0 Å². The number of esters is 1. The van der Waals surface area contributed by atoms with E-state index in [0.717, 1.165) is 0 Å². The van der Waals surface area contributed by atoms with Gasteiger partial charge in [0.2, 0.25) is 0 Å². The van der Waals surface area contributed by atoms with E-state index in [0.29, 0.717) is 22.6 Å². The molecule has 0 saturated carbocycles. The number of carbonyl (C=O) groups is 2. The number of para-hydroxylation sites is 2. The van der Waals surface area contributed by atoms with E-state index < -0.39 is 17.7 Å². The van der Waals surface area contributed by atoms with Gasteiger partial charge in [0, 0.05) is 5.69 Å². The Morgan fingerprint density at radius 2 is 1.94 bits per heavy atom. The largest absolute Gasteiger partial charge is 0.457 e. The monoisotopic (exact) mass is 452 g/mol. The van der Waals surface area contributed by atoms with E-state index in [1.807, 2.05) is 6.07 Å². The lowest BCUT2D eigenvalue weighted by molar-refractivity contribution is -0.139. The standard InChI is InChI=1S/C23H21ClN4O4/c1-23(2,3)32-22(30)26-15-8-6-7-14(11-15)13-31-21(29)16(12-25)19-20(24)28-18-10-5-4-9-17(18)27-19/h4-11,27H,13H2,1-3H3,(H,26,30)/b19-16-. The normalized spacial score (nSPS) is 14.2. The highest BCUT2D eigenvalue weighted by Gasteiger charge is 2.24. The van der Waals surface area contributed by atoms with E-state index >= 15 is 0 Å². The number of carbonyl (C=O) groups excluding carboxylic acids is 2. The molecule has 0 unspecified atom stereocenters. The maximum absolute atomic E-state index is 12.6. The number of hydrogen-bond donors (Lipinski definition) is 2. The molecule has 0 bridgehead atoms. The first-order valence-electron chi connectivity index (χ1n) is 9.67. The highest BCUT2D eigenvalue weighted by Crippen LogP contribution is 2.32. The van der Waals surface area contributed by atoms with Crippen molar-refractivity contribution in [2.24, 2.45) is 4.99 Å². The van der Waals surface area contributed by atoms with Gasteiger partial charge >= 0.3 is 12.1 Å². The molecule has 1 heterocycles. The van der Waals surface area contributed by atoms with E-state index in [1.165, 1.54) is 0 Å². The van der Waals surface area contributed by atoms with Crippen molar-refractivity contribution in [2.45, 2.75) is 33.0 Å². The molecule has 9 heteroatoms. The van der Waals surface area contributed by atoms with Gasteiger partial charge in [-0.15, -0.1) is 0 Å². The van der Waals surface area contributed by atoms with Gasteiger partial charge in [0.25, 0.3) is 0 Å². The number of benzene rings is 2. The molecule has 1 aliphatic heterocycles. The summed E-state index contributed by atoms with van der Waals surface area (Å²) in [5, 5.41) is 15.1. The maximum atomic E-state index is 12.6. The average molecular weight is 453 g/mol. The minimum absolute atomic E-state index is 0.0132. The third-order valence-corrected chi connectivity index (χ3v) is 4.37. The molecule has 0 spiro atoms. The maximum Gasteiger partial charge on any atom is 0.412 e. The van der Waals surface area contributed by atoms with Crippen LogP contribution in [0, 0.1) is 11.3 Å². The number of rotatable bonds is 4. The summed E-state index contributed by atoms with van der Waals surface area (Å²) in [7, 11) is 0. The van der Waals surface area contributed by atoms with Gasteiger partial charge in [0.05, 0.1) is 11.4 Å². The topological polar surface area (TPSA) is 113 Å². The zero-order chi connectivity index (χ0) is 23.3. The Hall–Kier alpha value is -3.83. The van der Waals surface area contributed by atoms with Crippen LogP contribution in [0.5, 0.6) is 0 Å². The second kappa shape index (κ2) is 9.54. The van der Waals surface area contributed by atoms with Gasteiger partial charge in [-0.1, -0.05) is 35.9 Å². The molecule has 3 rings (SSSR count). The van der Waals surface area contributed by atoms with Gasteiger partial charge in [-0.3, -0.25) is 5.32 Å². The van der Waals surface area contributed by atoms with Crippen LogP contribution in [0.3, 0.4) is 0 Å². The summed E-state index contributed by atoms with van der Waals surface area (Å²) in [6.45, 7) is 5.17. The molecule has 2 N–H and O–H groups in total. The lowest BCUT2D eigenvalue weighted by Gasteiger charge is -2.19. The number of nitrogens with one attached hydrogen (secondary N) is 2. The molecule has 8 nitrogen and oxygen atoms in total. The second-order valence-electron chi connectivity index (χ2n) is 7.81. The Balaban J connectivity index is 1.70. The minimum Gasteiger partial charge on any atom is -0.457 e. The van der Waals surface area contributed by atoms with Gasteiger partial charge < -0.3 is 14.8 Å². The molecule has 32 heavy (non-hydrogen) atoms. The molecule has 0 aliphatic carbocycles. The minimum atomic E-state index is -0.853. The molecule has 0 radical (unpaired) electrons. The van der Waals surface area contributed by atoms with Crippen molar-refractivity contribution < 1.29 is 19.1 Å². The van der Waals surface area contributed by atoms with Crippen LogP contribution in [-0.2, 0) is 20.9 Å². The summed E-state index contributed by atoms with van der Waals surface area (Å²) in [4.78, 5) is 28.7. The number of hydrogen-bond acceptors (Lipinski definition) is 7. The first-order valence-corrected chi connectivity index (χ1v) is 10.0. The Kier molecular flexibility index (Phi) is 6.81. The van der Waals surface area contributed by atoms with Crippen molar-refractivity contribution in [3.63, 3.8) is 0 Å². The molecule has 2 aromatic carbocycles. The Morgan fingerprint density at radius 3 is 2.66 bits per heavy atom. The lowest BCUT2D eigenvalue weighted by atomic mass is 10.1. The molecule has 0 saturated heterocycles. The number of fused-ring (bicyclic) bond motifs is 1. The van der Waals surface area contributed by atoms with Crippen molar-refractivity contribution in [1.29, 1.82) is 5.26 Å². The summed E-state index contributed by atoms with van der Waals surface area (Å²) in [5.74, 6) is -0.853. The number of nitrogens with zero attached hydrogens (tertiary/aromatic N) is 2. The number of nitriles is 1. The van der Waals surface area contributed by atoms with E-state index in [1.54, 1.807) is 69.3 Å². The van der Waals surface area contributed by atoms with E-state index in [2.05, 4.69) is 15.6 Å². The molecular formula is C23H21ClN4O4. The molecule has 1 aliphatic rings. The number of amides is 1. The summed E-state index contributed by atoms with van der Waals surface area (Å²) >= 11 is 6.18. The summed E-state index contributed by atoms with van der Waals surface area (Å²) in [5.41, 5.74) is 1.46. The fourth-order valence-corrected chi connectivity index (χ4v) is 3.01. The molecule has 0 aromatic heterocycles. The van der Waals surface area contributed by atoms with Gasteiger partial charge in [-0.05, 0) is 50.6 Å². The summed E-state index contributed by atoms with van der Waals surface area (Å²) in [6.07, 6.45) is -0.597. The predicted molar refractivity (Wildman–Crippen MR) is 122 cm³/mol. The van der Waals surface area contributed by atoms with Crippen molar-refractivity contribution in [1.82, 2.24) is 0 Å². The third kappa shape index (κ3) is 5.86. The Labute approximate surface area is 190 Å². The summed E-state index contributed by atoms with van der Waals surface area (Å²) < 4.78 is 10.5. The smallest absolute Gasteiger partial charge is 0.412 e. The molecule has 0 atom stereocenters. The zero-order valence-electron chi connectivity index (χ0n) is 17.7. The van der Waals surface area contributed by atoms with Gasteiger partial charge in [-0.25, -0.2) is 14.6 Å². The second-order valence-corrected chi connectivity index (χ2v) is 8.17. The number of allylic oxidation sites excluding steroid dienone is 1. The van der Waals surface area contributed by atoms with Crippen LogP contribution in [0.2, 0.25) is 0 Å². The van der Waals surface area contributed by atoms with E-state index in [4.69, 9.17) is 21.1 Å². The zero-order valence-corrected chi connectivity index (χ0v) is 18.5. The molecule has 1 amide bonds. The lowest BCUT2D eigenvalue weighted by Crippen LogP contribution is -2.27. The fraction of sp³-hybridized carbons (Fsp3) is 0.217. The van der Waals surface area contributed by atoms with E-state index in [-0.39, 0.29) is 23.0 Å². The number of aliphatic imine (C=N–C) groups is 1. The van der Waals surface area contributed by atoms with Crippen molar-refractivity contribution in [3.05, 3.63) is 65.4 Å². The number of halogens is 1. The van der Waals surface area contributed by atoms with Crippen LogP contribution in [0.25, 0.3) is 0 Å². The van der Waals surface area contributed by atoms with Crippen LogP contribution < -0.4 is 10.6 Å².